The molecule has 0 atom stereocenters. The zero-order chi connectivity index (χ0) is 13.5. The van der Waals surface area contributed by atoms with Crippen LogP contribution in [0.25, 0.3) is 0 Å². The molecule has 5 heteroatoms. The summed E-state index contributed by atoms with van der Waals surface area (Å²) in [5.41, 5.74) is 6.52. The van der Waals surface area contributed by atoms with Gasteiger partial charge in [-0.15, -0.1) is 0 Å². The highest BCUT2D eigenvalue weighted by Crippen LogP contribution is 2.29. The lowest BCUT2D eigenvalue weighted by atomic mass is 10.1. The summed E-state index contributed by atoms with van der Waals surface area (Å²) in [6.07, 6.45) is 0.567. The second-order valence-electron chi connectivity index (χ2n) is 4.09. The molecule has 0 aliphatic rings. The number of benzene rings is 1. The Labute approximate surface area is 116 Å². The molecular weight excluding hydrogens is 298 g/mol. The van der Waals surface area contributed by atoms with Gasteiger partial charge in [-0.2, -0.15) is 0 Å². The third kappa shape index (κ3) is 4.66. The van der Waals surface area contributed by atoms with Crippen LogP contribution in [-0.2, 0) is 16.0 Å². The van der Waals surface area contributed by atoms with Gasteiger partial charge in [-0.05, 0) is 54.4 Å². The first-order chi connectivity index (χ1) is 8.54. The lowest BCUT2D eigenvalue weighted by Gasteiger charge is -2.13. The Bertz CT molecular complexity index is 407. The summed E-state index contributed by atoms with van der Waals surface area (Å²) in [4.78, 5) is 11.4. The van der Waals surface area contributed by atoms with E-state index in [1.54, 1.807) is 13.8 Å². The Morgan fingerprint density at radius 1 is 1.44 bits per heavy atom. The molecule has 0 saturated heterocycles. The average Bonchev–Trinajstić information content (AvgIpc) is 2.27. The molecule has 0 saturated carbocycles. The van der Waals surface area contributed by atoms with E-state index in [2.05, 4.69) is 15.9 Å². The van der Waals surface area contributed by atoms with Crippen LogP contribution in [0.15, 0.2) is 22.7 Å². The number of ether oxygens (including phenoxy) is 2. The number of rotatable bonds is 6. The number of halogens is 1. The molecule has 2 N–H and O–H groups in total. The molecule has 0 bridgehead atoms. The Morgan fingerprint density at radius 3 is 2.78 bits per heavy atom. The van der Waals surface area contributed by atoms with E-state index in [0.717, 1.165) is 10.0 Å². The number of carbonyl (C=O) groups excluding carboxylic acids is 1. The molecule has 1 aromatic rings. The molecule has 1 rings (SSSR count). The first-order valence-electron chi connectivity index (χ1n) is 5.84. The van der Waals surface area contributed by atoms with Crippen molar-refractivity contribution in [3.8, 4) is 5.75 Å². The number of carbonyl (C=O) groups is 1. The highest BCUT2D eigenvalue weighted by molar-refractivity contribution is 9.10. The molecule has 0 aliphatic carbocycles. The molecule has 0 amide bonds. The van der Waals surface area contributed by atoms with Crippen molar-refractivity contribution in [3.63, 3.8) is 0 Å². The summed E-state index contributed by atoms with van der Waals surface area (Å²) in [6, 6.07) is 5.71. The fourth-order valence-corrected chi connectivity index (χ4v) is 2.02. The maximum absolute atomic E-state index is 11.4. The molecule has 0 radical (unpaired) electrons. The van der Waals surface area contributed by atoms with E-state index >= 15 is 0 Å². The predicted octanol–water partition coefficient (Wildman–Crippen LogP) is 2.28. The summed E-state index contributed by atoms with van der Waals surface area (Å²) in [5, 5.41) is 0. The Balaban J connectivity index is 2.68. The van der Waals surface area contributed by atoms with E-state index in [4.69, 9.17) is 15.2 Å². The maximum atomic E-state index is 11.4. The third-order valence-electron chi connectivity index (χ3n) is 2.16. The fraction of sp³-hybridized carbons (Fsp3) is 0.462. The van der Waals surface area contributed by atoms with E-state index < -0.39 is 0 Å². The van der Waals surface area contributed by atoms with Gasteiger partial charge in [0, 0.05) is 0 Å². The molecule has 0 unspecified atom stereocenters. The minimum absolute atomic E-state index is 0.0988. The second-order valence-corrected chi connectivity index (χ2v) is 4.95. The van der Waals surface area contributed by atoms with Crippen LogP contribution in [-0.4, -0.2) is 25.2 Å². The number of hydrogen-bond donors (Lipinski definition) is 1. The smallest absolute Gasteiger partial charge is 0.344 e. The molecule has 1 aromatic carbocycles. The van der Waals surface area contributed by atoms with Gasteiger partial charge in [0.1, 0.15) is 5.75 Å². The van der Waals surface area contributed by atoms with Crippen molar-refractivity contribution in [1.29, 1.82) is 0 Å². The zero-order valence-electron chi connectivity index (χ0n) is 10.6. The maximum Gasteiger partial charge on any atom is 0.344 e. The van der Waals surface area contributed by atoms with Gasteiger partial charge in [0.05, 0.1) is 10.6 Å². The van der Waals surface area contributed by atoms with Crippen molar-refractivity contribution in [2.24, 2.45) is 5.73 Å². The average molecular weight is 316 g/mol. The van der Waals surface area contributed by atoms with Crippen molar-refractivity contribution < 1.29 is 14.3 Å². The number of esters is 1. The summed E-state index contributed by atoms with van der Waals surface area (Å²) in [7, 11) is 0. The third-order valence-corrected chi connectivity index (χ3v) is 2.79. The molecule has 0 spiro atoms. The molecule has 0 fully saturated rings. The van der Waals surface area contributed by atoms with Crippen molar-refractivity contribution in [1.82, 2.24) is 0 Å². The van der Waals surface area contributed by atoms with Gasteiger partial charge >= 0.3 is 5.97 Å². The predicted molar refractivity (Wildman–Crippen MR) is 73.6 cm³/mol. The van der Waals surface area contributed by atoms with Crippen LogP contribution in [0.1, 0.15) is 19.4 Å². The van der Waals surface area contributed by atoms with Crippen LogP contribution in [0.3, 0.4) is 0 Å². The van der Waals surface area contributed by atoms with Crippen molar-refractivity contribution in [2.45, 2.75) is 26.4 Å². The monoisotopic (exact) mass is 315 g/mol. The van der Waals surface area contributed by atoms with Crippen molar-refractivity contribution in [2.75, 3.05) is 13.2 Å². The van der Waals surface area contributed by atoms with Gasteiger partial charge in [0.25, 0.3) is 0 Å². The van der Waals surface area contributed by atoms with E-state index in [1.165, 1.54) is 0 Å². The van der Waals surface area contributed by atoms with E-state index in [1.807, 2.05) is 18.2 Å². The summed E-state index contributed by atoms with van der Waals surface area (Å²) in [5.74, 6) is 0.281. The van der Waals surface area contributed by atoms with Crippen LogP contribution in [0.4, 0.5) is 0 Å². The highest BCUT2D eigenvalue weighted by Gasteiger charge is 2.11. The lowest BCUT2D eigenvalue weighted by Crippen LogP contribution is -2.19. The largest absolute Gasteiger partial charge is 0.480 e. The fourth-order valence-electron chi connectivity index (χ4n) is 1.50. The normalized spacial score (nSPS) is 10.5. The zero-order valence-corrected chi connectivity index (χ0v) is 12.2. The molecule has 0 aromatic heterocycles. The molecule has 18 heavy (non-hydrogen) atoms. The molecule has 100 valence electrons. The SMILES string of the molecule is CC(C)OC(=O)COc1c(Br)cccc1CCN. The molecule has 0 heterocycles. The van der Waals surface area contributed by atoms with Crippen molar-refractivity contribution >= 4 is 21.9 Å². The quantitative estimate of drug-likeness (QED) is 0.818. The lowest BCUT2D eigenvalue weighted by molar-refractivity contribution is -0.149. The number of para-hydroxylation sites is 1. The topological polar surface area (TPSA) is 61.5 Å². The molecular formula is C13H18BrNO3. The van der Waals surface area contributed by atoms with E-state index in [-0.39, 0.29) is 18.7 Å². The van der Waals surface area contributed by atoms with E-state index in [0.29, 0.717) is 18.7 Å². The Hall–Kier alpha value is -1.07. The van der Waals surface area contributed by atoms with Crippen LogP contribution in [0.5, 0.6) is 5.75 Å². The standard InChI is InChI=1S/C13H18BrNO3/c1-9(2)18-12(16)8-17-13-10(6-7-15)4-3-5-11(13)14/h3-5,9H,6-8,15H2,1-2H3. The molecule has 4 nitrogen and oxygen atoms in total. The first-order valence-corrected chi connectivity index (χ1v) is 6.63. The second kappa shape index (κ2) is 7.38. The van der Waals surface area contributed by atoms with Gasteiger partial charge in [-0.3, -0.25) is 0 Å². The highest BCUT2D eigenvalue weighted by atomic mass is 79.9. The number of nitrogens with two attached hydrogens (primary N) is 1. The van der Waals surface area contributed by atoms with Crippen LogP contribution in [0, 0.1) is 0 Å². The van der Waals surface area contributed by atoms with Crippen molar-refractivity contribution in [3.05, 3.63) is 28.2 Å². The van der Waals surface area contributed by atoms with Gasteiger partial charge in [0.15, 0.2) is 6.61 Å². The van der Waals surface area contributed by atoms with E-state index in [9.17, 15) is 4.79 Å². The number of hydrogen-bond acceptors (Lipinski definition) is 4. The van der Waals surface area contributed by atoms with Gasteiger partial charge < -0.3 is 15.2 Å². The minimum Gasteiger partial charge on any atom is -0.480 e. The van der Waals surface area contributed by atoms with Gasteiger partial charge in [0.2, 0.25) is 0 Å². The minimum atomic E-state index is -0.376. The van der Waals surface area contributed by atoms with Crippen LogP contribution < -0.4 is 10.5 Å². The van der Waals surface area contributed by atoms with Gasteiger partial charge in [-0.25, -0.2) is 4.79 Å². The summed E-state index contributed by atoms with van der Waals surface area (Å²) < 4.78 is 11.3. The van der Waals surface area contributed by atoms with Crippen LogP contribution in [0.2, 0.25) is 0 Å². The van der Waals surface area contributed by atoms with Gasteiger partial charge in [-0.1, -0.05) is 12.1 Å². The first kappa shape index (κ1) is 15.0. The summed E-state index contributed by atoms with van der Waals surface area (Å²) in [6.45, 7) is 4.04. The summed E-state index contributed by atoms with van der Waals surface area (Å²) >= 11 is 3.40. The molecule has 0 aliphatic heterocycles. The Morgan fingerprint density at radius 2 is 2.17 bits per heavy atom. The Kier molecular flexibility index (Phi) is 6.15. The van der Waals surface area contributed by atoms with Crippen LogP contribution >= 0.6 is 15.9 Å².